The third-order valence-corrected chi connectivity index (χ3v) is 6.16. The highest BCUT2D eigenvalue weighted by atomic mass is 32.2. The van der Waals surface area contributed by atoms with Gasteiger partial charge in [0.1, 0.15) is 0 Å². The Morgan fingerprint density at radius 3 is 2.95 bits per heavy atom. The maximum atomic E-state index is 13.0. The van der Waals surface area contributed by atoms with Gasteiger partial charge in [-0.05, 0) is 50.3 Å². The van der Waals surface area contributed by atoms with Crippen molar-refractivity contribution in [1.29, 1.82) is 0 Å². The molecule has 0 aromatic carbocycles. The van der Waals surface area contributed by atoms with Crippen LogP contribution in [0.2, 0.25) is 0 Å². The van der Waals surface area contributed by atoms with Crippen molar-refractivity contribution in [3.05, 3.63) is 0 Å². The molecule has 3 fully saturated rings. The number of hydrogen-bond acceptors (Lipinski definition) is 4. The van der Waals surface area contributed by atoms with Crippen LogP contribution in [0.1, 0.15) is 39.0 Å². The number of piperidine rings is 1. The van der Waals surface area contributed by atoms with E-state index in [0.29, 0.717) is 17.9 Å². The number of carbonyl (C=O) groups is 1. The quantitative estimate of drug-likeness (QED) is 0.861. The molecule has 0 bridgehead atoms. The molecule has 1 N–H and O–H groups in total. The van der Waals surface area contributed by atoms with E-state index in [1.165, 1.54) is 12.2 Å². The Morgan fingerprint density at radius 1 is 1.38 bits per heavy atom. The van der Waals surface area contributed by atoms with Crippen molar-refractivity contribution in [3.8, 4) is 0 Å². The molecule has 4 nitrogen and oxygen atoms in total. The largest absolute Gasteiger partial charge is 0.376 e. The Hall–Kier alpha value is -0.260. The lowest BCUT2D eigenvalue weighted by molar-refractivity contribution is -0.138. The predicted octanol–water partition coefficient (Wildman–Crippen LogP) is 1.89. The summed E-state index contributed by atoms with van der Waals surface area (Å²) < 4.78 is 5.78. The summed E-state index contributed by atoms with van der Waals surface area (Å²) in [5, 5.41) is 3.44. The topological polar surface area (TPSA) is 41.6 Å². The number of nitrogens with one attached hydrogen (secondary N) is 1. The van der Waals surface area contributed by atoms with Crippen LogP contribution in [0.4, 0.5) is 0 Å². The third kappa shape index (κ3) is 3.93. The maximum Gasteiger partial charge on any atom is 0.240 e. The second-order valence-corrected chi connectivity index (χ2v) is 7.93. The van der Waals surface area contributed by atoms with E-state index in [1.54, 1.807) is 0 Å². The summed E-state index contributed by atoms with van der Waals surface area (Å²) >= 11 is 1.98. The van der Waals surface area contributed by atoms with E-state index in [4.69, 9.17) is 4.74 Å². The smallest absolute Gasteiger partial charge is 0.240 e. The van der Waals surface area contributed by atoms with Gasteiger partial charge in [0.15, 0.2) is 0 Å². The molecule has 0 radical (unpaired) electrons. The number of nitrogens with zero attached hydrogens (tertiary/aromatic N) is 1. The molecular weight excluding hydrogens is 284 g/mol. The molecule has 5 heteroatoms. The molecule has 3 rings (SSSR count). The minimum atomic E-state index is 0.0285. The van der Waals surface area contributed by atoms with Crippen LogP contribution in [0.15, 0.2) is 0 Å². The summed E-state index contributed by atoms with van der Waals surface area (Å²) in [6.45, 7) is 4.91. The lowest BCUT2D eigenvalue weighted by atomic mass is 9.93. The molecule has 3 aliphatic rings. The predicted molar refractivity (Wildman–Crippen MR) is 86.6 cm³/mol. The van der Waals surface area contributed by atoms with Crippen LogP contribution in [0.3, 0.4) is 0 Å². The number of amides is 1. The highest BCUT2D eigenvalue weighted by molar-refractivity contribution is 7.99. The molecule has 0 aliphatic carbocycles. The number of thioether (sulfide) groups is 1. The molecule has 4 atom stereocenters. The van der Waals surface area contributed by atoms with Crippen molar-refractivity contribution in [3.63, 3.8) is 0 Å². The van der Waals surface area contributed by atoms with Crippen molar-refractivity contribution in [2.45, 2.75) is 57.2 Å². The van der Waals surface area contributed by atoms with Gasteiger partial charge in [-0.1, -0.05) is 6.92 Å². The van der Waals surface area contributed by atoms with Crippen molar-refractivity contribution in [2.24, 2.45) is 5.92 Å². The summed E-state index contributed by atoms with van der Waals surface area (Å²) in [5.41, 5.74) is 0. The first-order valence-electron chi connectivity index (χ1n) is 8.47. The van der Waals surface area contributed by atoms with E-state index in [2.05, 4.69) is 17.1 Å². The summed E-state index contributed by atoms with van der Waals surface area (Å²) in [6.07, 6.45) is 5.84. The van der Waals surface area contributed by atoms with Crippen LogP contribution in [0.25, 0.3) is 0 Å². The lowest BCUT2D eigenvalue weighted by Gasteiger charge is -2.36. The van der Waals surface area contributed by atoms with Crippen LogP contribution >= 0.6 is 11.8 Å². The molecule has 0 spiro atoms. The first-order chi connectivity index (χ1) is 10.2. The van der Waals surface area contributed by atoms with E-state index >= 15 is 0 Å². The van der Waals surface area contributed by atoms with Gasteiger partial charge in [0.25, 0.3) is 0 Å². The second kappa shape index (κ2) is 7.34. The van der Waals surface area contributed by atoms with Gasteiger partial charge < -0.3 is 15.0 Å². The molecule has 0 aromatic heterocycles. The summed E-state index contributed by atoms with van der Waals surface area (Å²) in [5.74, 6) is 3.27. The van der Waals surface area contributed by atoms with Gasteiger partial charge in [-0.15, -0.1) is 0 Å². The van der Waals surface area contributed by atoms with E-state index in [9.17, 15) is 4.79 Å². The minimum Gasteiger partial charge on any atom is -0.376 e. The fraction of sp³-hybridized carbons (Fsp3) is 0.938. The Labute approximate surface area is 132 Å². The number of ether oxygens (including phenoxy) is 1. The maximum absolute atomic E-state index is 13.0. The van der Waals surface area contributed by atoms with Crippen LogP contribution < -0.4 is 5.32 Å². The molecule has 3 saturated heterocycles. The molecule has 1 amide bonds. The van der Waals surface area contributed by atoms with E-state index in [-0.39, 0.29) is 12.1 Å². The van der Waals surface area contributed by atoms with Crippen molar-refractivity contribution in [2.75, 3.05) is 31.2 Å². The molecule has 3 heterocycles. The zero-order valence-corrected chi connectivity index (χ0v) is 13.9. The average Bonchev–Trinajstić information content (AvgIpc) is 3.17. The minimum absolute atomic E-state index is 0.0285. The van der Waals surface area contributed by atoms with Gasteiger partial charge in [-0.25, -0.2) is 0 Å². The van der Waals surface area contributed by atoms with Crippen molar-refractivity contribution >= 4 is 17.7 Å². The lowest BCUT2D eigenvalue weighted by Crippen LogP contribution is -2.54. The Morgan fingerprint density at radius 2 is 2.29 bits per heavy atom. The first kappa shape index (κ1) is 15.6. The molecule has 4 unspecified atom stereocenters. The Balaban J connectivity index is 1.65. The highest BCUT2D eigenvalue weighted by Gasteiger charge is 2.35. The van der Waals surface area contributed by atoms with Crippen LogP contribution in [-0.2, 0) is 9.53 Å². The van der Waals surface area contributed by atoms with Crippen molar-refractivity contribution < 1.29 is 9.53 Å². The molecule has 0 aromatic rings. The summed E-state index contributed by atoms with van der Waals surface area (Å²) in [7, 11) is 0. The third-order valence-electron chi connectivity index (χ3n) is 5.02. The van der Waals surface area contributed by atoms with E-state index < -0.39 is 0 Å². The summed E-state index contributed by atoms with van der Waals surface area (Å²) in [6, 6.07) is 0.450. The van der Waals surface area contributed by atoms with E-state index in [0.717, 1.165) is 51.1 Å². The average molecular weight is 312 g/mol. The van der Waals surface area contributed by atoms with Crippen LogP contribution in [-0.4, -0.2) is 60.2 Å². The first-order valence-corrected chi connectivity index (χ1v) is 9.62. The van der Waals surface area contributed by atoms with Crippen LogP contribution in [0, 0.1) is 5.92 Å². The fourth-order valence-corrected chi connectivity index (χ4v) is 4.91. The fourth-order valence-electron chi connectivity index (χ4n) is 3.69. The van der Waals surface area contributed by atoms with Gasteiger partial charge in [-0.3, -0.25) is 4.79 Å². The Kier molecular flexibility index (Phi) is 5.46. The summed E-state index contributed by atoms with van der Waals surface area (Å²) in [4.78, 5) is 15.2. The van der Waals surface area contributed by atoms with Gasteiger partial charge in [0, 0.05) is 24.9 Å². The second-order valence-electron chi connectivity index (χ2n) is 6.78. The van der Waals surface area contributed by atoms with Gasteiger partial charge >= 0.3 is 0 Å². The van der Waals surface area contributed by atoms with E-state index in [1.807, 2.05) is 11.8 Å². The number of carbonyl (C=O) groups excluding carboxylic acids is 1. The molecule has 3 aliphatic heterocycles. The normalized spacial score (nSPS) is 36.8. The highest BCUT2D eigenvalue weighted by Crippen LogP contribution is 2.26. The monoisotopic (exact) mass is 312 g/mol. The van der Waals surface area contributed by atoms with Crippen LogP contribution in [0.5, 0.6) is 0 Å². The zero-order valence-electron chi connectivity index (χ0n) is 13.1. The molecule has 120 valence electrons. The number of rotatable bonds is 4. The van der Waals surface area contributed by atoms with Gasteiger partial charge in [-0.2, -0.15) is 11.8 Å². The SMILES string of the molecule is CC1CCNC(C(=O)N(CC2CCCO2)C2CCSC2)C1. The van der Waals surface area contributed by atoms with Crippen molar-refractivity contribution in [1.82, 2.24) is 10.2 Å². The van der Waals surface area contributed by atoms with Gasteiger partial charge in [0.05, 0.1) is 12.1 Å². The molecular formula is C16H28N2O2S. The standard InChI is InChI=1S/C16H28N2O2S/c1-12-4-6-17-15(9-12)16(19)18(13-5-8-21-11-13)10-14-3-2-7-20-14/h12-15,17H,2-11H2,1H3. The zero-order chi connectivity index (χ0) is 14.7. The molecule has 0 saturated carbocycles. The van der Waals surface area contributed by atoms with Gasteiger partial charge in [0.2, 0.25) is 5.91 Å². The Bertz CT molecular complexity index is 354. The number of hydrogen-bond donors (Lipinski definition) is 1. The molecule has 21 heavy (non-hydrogen) atoms.